The van der Waals surface area contributed by atoms with Crippen molar-refractivity contribution >= 4 is 17.5 Å². The van der Waals surface area contributed by atoms with E-state index >= 15 is 0 Å². The van der Waals surface area contributed by atoms with Crippen LogP contribution in [0.4, 0.5) is 0 Å². The molecule has 0 heterocycles. The van der Waals surface area contributed by atoms with E-state index in [1.807, 2.05) is 30.4 Å². The van der Waals surface area contributed by atoms with E-state index in [4.69, 9.17) is 22.1 Å². The summed E-state index contributed by atoms with van der Waals surface area (Å²) in [5, 5.41) is 0.575. The Morgan fingerprint density at radius 2 is 2.20 bits per heavy atom. The van der Waals surface area contributed by atoms with Crippen LogP contribution >= 0.6 is 11.6 Å². The van der Waals surface area contributed by atoms with Crippen LogP contribution in [0.1, 0.15) is 6.42 Å². The molecule has 0 saturated heterocycles. The Morgan fingerprint density at radius 1 is 1.45 bits per heavy atom. The maximum absolute atomic E-state index is 12.1. The van der Waals surface area contributed by atoms with Crippen LogP contribution in [0.25, 0.3) is 0 Å². The van der Waals surface area contributed by atoms with Gasteiger partial charge in [-0.25, -0.2) is 0 Å². The van der Waals surface area contributed by atoms with Gasteiger partial charge in [0.2, 0.25) is 5.91 Å². The minimum atomic E-state index is -0.102. The van der Waals surface area contributed by atoms with E-state index in [9.17, 15) is 4.79 Å². The third kappa shape index (κ3) is 3.74. The number of rotatable bonds is 5. The number of nitrogens with zero attached hydrogens (tertiary/aromatic N) is 1. The first-order valence-corrected chi connectivity index (χ1v) is 7.02. The summed E-state index contributed by atoms with van der Waals surface area (Å²) in [6, 6.07) is 7.29. The van der Waals surface area contributed by atoms with Gasteiger partial charge in [0.25, 0.3) is 0 Å². The fourth-order valence-corrected chi connectivity index (χ4v) is 2.35. The summed E-state index contributed by atoms with van der Waals surface area (Å²) in [5.74, 6) is 0.616. The van der Waals surface area contributed by atoms with Gasteiger partial charge in [0.05, 0.1) is 17.5 Å². The molecule has 2 atom stereocenters. The lowest BCUT2D eigenvalue weighted by Crippen LogP contribution is -2.35. The van der Waals surface area contributed by atoms with Crippen molar-refractivity contribution in [2.75, 3.05) is 20.2 Å². The number of halogens is 1. The Labute approximate surface area is 124 Å². The summed E-state index contributed by atoms with van der Waals surface area (Å²) in [6.07, 6.45) is 4.46. The highest BCUT2D eigenvalue weighted by Crippen LogP contribution is 2.23. The van der Waals surface area contributed by atoms with Crippen molar-refractivity contribution < 1.29 is 9.53 Å². The predicted molar refractivity (Wildman–Crippen MR) is 79.8 cm³/mol. The highest BCUT2D eigenvalue weighted by atomic mass is 35.5. The van der Waals surface area contributed by atoms with Crippen LogP contribution in [0.15, 0.2) is 36.4 Å². The highest BCUT2D eigenvalue weighted by molar-refractivity contribution is 6.32. The molecule has 0 radical (unpaired) electrons. The van der Waals surface area contributed by atoms with E-state index in [2.05, 4.69) is 0 Å². The molecular weight excluding hydrogens is 276 g/mol. The number of benzene rings is 1. The molecule has 2 N–H and O–H groups in total. The number of ether oxygens (including phenoxy) is 1. The van der Waals surface area contributed by atoms with Gasteiger partial charge in [-0.05, 0) is 18.6 Å². The number of nitrogens with two attached hydrogens (primary N) is 1. The van der Waals surface area contributed by atoms with Crippen molar-refractivity contribution in [3.05, 3.63) is 41.4 Å². The normalized spacial score (nSPS) is 20.9. The summed E-state index contributed by atoms with van der Waals surface area (Å²) >= 11 is 5.99. The van der Waals surface area contributed by atoms with Gasteiger partial charge in [-0.15, -0.1) is 0 Å². The molecule has 0 aliphatic heterocycles. The zero-order valence-electron chi connectivity index (χ0n) is 11.5. The first kappa shape index (κ1) is 14.9. The number of likely N-dealkylation sites (N-methyl/N-ethyl adjacent to an activating group) is 1. The number of carbonyl (C=O) groups excluding carboxylic acids is 1. The van der Waals surface area contributed by atoms with Gasteiger partial charge < -0.3 is 15.4 Å². The average Bonchev–Trinajstić information content (AvgIpc) is 2.86. The first-order valence-electron chi connectivity index (χ1n) is 6.64. The maximum atomic E-state index is 12.1. The average molecular weight is 295 g/mol. The molecule has 0 fully saturated rings. The van der Waals surface area contributed by atoms with Crippen LogP contribution in [0.5, 0.6) is 5.75 Å². The van der Waals surface area contributed by atoms with Gasteiger partial charge in [0, 0.05) is 13.1 Å². The number of amides is 1. The van der Waals surface area contributed by atoms with Crippen LogP contribution in [-0.2, 0) is 4.79 Å². The SMILES string of the molecule is CN(CCOc1ccccc1Cl)C(=O)C1C=CC(N)C1. The van der Waals surface area contributed by atoms with Gasteiger partial charge >= 0.3 is 0 Å². The van der Waals surface area contributed by atoms with Gasteiger partial charge in [0.15, 0.2) is 0 Å². The molecule has 1 aliphatic rings. The number of carbonyl (C=O) groups is 1. The third-order valence-corrected chi connectivity index (χ3v) is 3.64. The molecule has 20 heavy (non-hydrogen) atoms. The van der Waals surface area contributed by atoms with Crippen molar-refractivity contribution in [1.82, 2.24) is 4.90 Å². The molecule has 0 spiro atoms. The molecule has 4 nitrogen and oxygen atoms in total. The molecule has 2 unspecified atom stereocenters. The molecule has 1 aromatic carbocycles. The van der Waals surface area contributed by atoms with Crippen LogP contribution in [-0.4, -0.2) is 37.0 Å². The number of hydrogen-bond donors (Lipinski definition) is 1. The summed E-state index contributed by atoms with van der Waals surface area (Å²) in [5.41, 5.74) is 5.76. The predicted octanol–water partition coefficient (Wildman–Crippen LogP) is 2.08. The monoisotopic (exact) mass is 294 g/mol. The molecule has 2 rings (SSSR count). The Kier molecular flexibility index (Phi) is 5.04. The van der Waals surface area contributed by atoms with E-state index in [1.54, 1.807) is 18.0 Å². The van der Waals surface area contributed by atoms with Gasteiger partial charge in [0.1, 0.15) is 12.4 Å². The first-order chi connectivity index (χ1) is 9.58. The maximum Gasteiger partial charge on any atom is 0.229 e. The summed E-state index contributed by atoms with van der Waals surface area (Å²) in [7, 11) is 1.77. The Balaban J connectivity index is 1.78. The number of para-hydroxylation sites is 1. The van der Waals surface area contributed by atoms with Crippen molar-refractivity contribution in [3.8, 4) is 5.75 Å². The van der Waals surface area contributed by atoms with Crippen LogP contribution in [0, 0.1) is 5.92 Å². The molecule has 5 heteroatoms. The summed E-state index contributed by atoms with van der Waals surface area (Å²) in [6.45, 7) is 0.929. The molecule has 108 valence electrons. The van der Waals surface area contributed by atoms with E-state index in [0.29, 0.717) is 30.3 Å². The smallest absolute Gasteiger partial charge is 0.229 e. The van der Waals surface area contributed by atoms with E-state index in [1.165, 1.54) is 0 Å². The van der Waals surface area contributed by atoms with Crippen molar-refractivity contribution in [2.24, 2.45) is 11.7 Å². The van der Waals surface area contributed by atoms with Crippen molar-refractivity contribution in [1.29, 1.82) is 0 Å². The van der Waals surface area contributed by atoms with Crippen molar-refractivity contribution in [2.45, 2.75) is 12.5 Å². The van der Waals surface area contributed by atoms with E-state index in [0.717, 1.165) is 0 Å². The summed E-state index contributed by atoms with van der Waals surface area (Å²) < 4.78 is 5.57. The minimum absolute atomic E-state index is 0.00303. The molecule has 1 aromatic rings. The largest absolute Gasteiger partial charge is 0.490 e. The Morgan fingerprint density at radius 3 is 2.85 bits per heavy atom. The van der Waals surface area contributed by atoms with Crippen LogP contribution < -0.4 is 10.5 Å². The highest BCUT2D eigenvalue weighted by Gasteiger charge is 2.25. The lowest BCUT2D eigenvalue weighted by molar-refractivity contribution is -0.133. The van der Waals surface area contributed by atoms with Gasteiger partial charge in [-0.1, -0.05) is 35.9 Å². The minimum Gasteiger partial charge on any atom is -0.490 e. The Hall–Kier alpha value is -1.52. The number of hydrogen-bond acceptors (Lipinski definition) is 3. The standard InChI is InChI=1S/C15H19ClN2O2/c1-18(15(19)11-6-7-12(17)10-11)8-9-20-14-5-3-2-4-13(14)16/h2-7,11-12H,8-10,17H2,1H3. The summed E-state index contributed by atoms with van der Waals surface area (Å²) in [4.78, 5) is 13.8. The molecule has 1 aliphatic carbocycles. The van der Waals surface area contributed by atoms with E-state index in [-0.39, 0.29) is 17.9 Å². The molecule has 0 aromatic heterocycles. The molecule has 0 saturated carbocycles. The van der Waals surface area contributed by atoms with Crippen LogP contribution in [0.2, 0.25) is 5.02 Å². The fourth-order valence-electron chi connectivity index (χ4n) is 2.16. The lowest BCUT2D eigenvalue weighted by atomic mass is 10.1. The second kappa shape index (κ2) is 6.77. The zero-order valence-corrected chi connectivity index (χ0v) is 12.2. The quantitative estimate of drug-likeness (QED) is 0.846. The molecule has 1 amide bonds. The van der Waals surface area contributed by atoms with Crippen molar-refractivity contribution in [3.63, 3.8) is 0 Å². The topological polar surface area (TPSA) is 55.6 Å². The van der Waals surface area contributed by atoms with Gasteiger partial charge in [-0.2, -0.15) is 0 Å². The third-order valence-electron chi connectivity index (χ3n) is 3.33. The molecule has 0 bridgehead atoms. The fraction of sp³-hybridized carbons (Fsp3) is 0.400. The lowest BCUT2D eigenvalue weighted by Gasteiger charge is -2.21. The second-order valence-corrected chi connectivity index (χ2v) is 5.34. The van der Waals surface area contributed by atoms with Gasteiger partial charge in [-0.3, -0.25) is 4.79 Å². The van der Waals surface area contributed by atoms with E-state index < -0.39 is 0 Å². The second-order valence-electron chi connectivity index (χ2n) is 4.93. The Bertz CT molecular complexity index is 504. The zero-order chi connectivity index (χ0) is 14.5. The van der Waals surface area contributed by atoms with Crippen LogP contribution in [0.3, 0.4) is 0 Å². The molecular formula is C15H19ClN2O2.